The summed E-state index contributed by atoms with van der Waals surface area (Å²) in [6, 6.07) is 16.0. The average molecular weight is 438 g/mol. The number of guanidine groups is 1. The first kappa shape index (κ1) is 23.4. The third-order valence-corrected chi connectivity index (χ3v) is 5.69. The van der Waals surface area contributed by atoms with Crippen LogP contribution in [0.25, 0.3) is 0 Å². The first-order chi connectivity index (χ1) is 15.6. The molecule has 0 radical (unpaired) electrons. The third-order valence-electron chi connectivity index (χ3n) is 5.69. The number of carbonyl (C=O) groups excluding carboxylic acids is 1. The number of carbonyl (C=O) groups is 1. The van der Waals surface area contributed by atoms with Gasteiger partial charge in [0.2, 0.25) is 0 Å². The molecular weight excluding hydrogens is 402 g/mol. The number of amides is 1. The van der Waals surface area contributed by atoms with Crippen molar-refractivity contribution in [3.05, 3.63) is 59.7 Å². The number of rotatable bonds is 8. The van der Waals surface area contributed by atoms with Gasteiger partial charge in [-0.1, -0.05) is 31.5 Å². The van der Waals surface area contributed by atoms with Gasteiger partial charge in [-0.25, -0.2) is 0 Å². The number of aliphatic imine (C=N–C) groups is 1. The fraction of sp³-hybridized carbons (Fsp3) is 0.440. The molecule has 3 rings (SSSR count). The van der Waals surface area contributed by atoms with E-state index in [0.717, 1.165) is 62.8 Å². The van der Waals surface area contributed by atoms with Crippen molar-refractivity contribution >= 4 is 17.6 Å². The summed E-state index contributed by atoms with van der Waals surface area (Å²) in [6.45, 7) is 7.15. The second-order valence-corrected chi connectivity index (χ2v) is 7.88. The average Bonchev–Trinajstić information content (AvgIpc) is 2.85. The molecule has 2 aromatic rings. The molecule has 7 heteroatoms. The van der Waals surface area contributed by atoms with Crippen LogP contribution in [0.5, 0.6) is 5.75 Å². The van der Waals surface area contributed by atoms with Crippen molar-refractivity contribution in [1.82, 2.24) is 15.5 Å². The van der Waals surface area contributed by atoms with Crippen molar-refractivity contribution in [2.24, 2.45) is 4.99 Å². The van der Waals surface area contributed by atoms with Gasteiger partial charge in [0.15, 0.2) is 5.96 Å². The van der Waals surface area contributed by atoms with E-state index in [4.69, 9.17) is 4.74 Å². The van der Waals surface area contributed by atoms with E-state index in [1.165, 1.54) is 5.69 Å². The Labute approximate surface area is 191 Å². The first-order valence-electron chi connectivity index (χ1n) is 11.4. The highest BCUT2D eigenvalue weighted by atomic mass is 16.5. The minimum atomic E-state index is -0.0114. The highest BCUT2D eigenvalue weighted by Gasteiger charge is 2.20. The van der Waals surface area contributed by atoms with Gasteiger partial charge in [-0.05, 0) is 36.2 Å². The van der Waals surface area contributed by atoms with Crippen molar-refractivity contribution in [3.8, 4) is 5.75 Å². The lowest BCUT2D eigenvalue weighted by molar-refractivity contribution is 0.0953. The second kappa shape index (κ2) is 12.0. The lowest BCUT2D eigenvalue weighted by Gasteiger charge is -2.37. The largest absolute Gasteiger partial charge is 0.497 e. The van der Waals surface area contributed by atoms with Crippen LogP contribution >= 0.6 is 0 Å². The molecule has 2 N–H and O–H groups in total. The molecule has 1 saturated heterocycles. The molecule has 1 heterocycles. The Balaban J connectivity index is 1.48. The van der Waals surface area contributed by atoms with Gasteiger partial charge >= 0.3 is 0 Å². The number of nitrogens with one attached hydrogen (secondary N) is 2. The van der Waals surface area contributed by atoms with E-state index < -0.39 is 0 Å². The van der Waals surface area contributed by atoms with Gasteiger partial charge in [0.05, 0.1) is 7.11 Å². The normalized spacial score (nSPS) is 14.3. The van der Waals surface area contributed by atoms with Gasteiger partial charge < -0.3 is 25.2 Å². The topological polar surface area (TPSA) is 69.2 Å². The Morgan fingerprint density at radius 2 is 1.81 bits per heavy atom. The summed E-state index contributed by atoms with van der Waals surface area (Å²) in [5.41, 5.74) is 3.00. The summed E-state index contributed by atoms with van der Waals surface area (Å²) in [7, 11) is 3.52. The third kappa shape index (κ3) is 6.39. The van der Waals surface area contributed by atoms with E-state index in [0.29, 0.717) is 12.1 Å². The van der Waals surface area contributed by atoms with E-state index in [1.807, 2.05) is 43.4 Å². The summed E-state index contributed by atoms with van der Waals surface area (Å²) in [5.74, 6) is 1.77. The molecule has 0 saturated carbocycles. The maximum Gasteiger partial charge on any atom is 0.251 e. The number of anilines is 1. The van der Waals surface area contributed by atoms with Crippen molar-refractivity contribution in [2.45, 2.75) is 26.3 Å². The predicted molar refractivity (Wildman–Crippen MR) is 131 cm³/mol. The molecule has 0 spiro atoms. The minimum absolute atomic E-state index is 0.0114. The number of benzene rings is 2. The molecule has 172 valence electrons. The van der Waals surface area contributed by atoms with Crippen LogP contribution in [0.3, 0.4) is 0 Å². The molecule has 1 aliphatic rings. The molecule has 1 amide bonds. The predicted octanol–water partition coefficient (Wildman–Crippen LogP) is 3.12. The van der Waals surface area contributed by atoms with Crippen LogP contribution in [-0.4, -0.2) is 63.6 Å². The van der Waals surface area contributed by atoms with Crippen LogP contribution in [0.2, 0.25) is 0 Å². The number of ether oxygens (including phenoxy) is 1. The van der Waals surface area contributed by atoms with Crippen LogP contribution in [0.15, 0.2) is 53.5 Å². The summed E-state index contributed by atoms with van der Waals surface area (Å²) < 4.78 is 5.35. The number of hydrogen-bond donors (Lipinski definition) is 2. The molecule has 2 aromatic carbocycles. The van der Waals surface area contributed by atoms with E-state index in [1.54, 1.807) is 7.11 Å². The molecular formula is C25H35N5O2. The SMILES string of the molecule is CCCCNC(=O)c1ccc(CNC(=NC)N2CCN(c3cccc(OC)c3)CC2)cc1. The number of nitrogens with zero attached hydrogens (tertiary/aromatic N) is 3. The van der Waals surface area contributed by atoms with E-state index in [2.05, 4.69) is 44.5 Å². The van der Waals surface area contributed by atoms with Crippen LogP contribution in [-0.2, 0) is 6.54 Å². The first-order valence-corrected chi connectivity index (χ1v) is 11.4. The molecule has 0 aliphatic carbocycles. The smallest absolute Gasteiger partial charge is 0.251 e. The Bertz CT molecular complexity index is 889. The van der Waals surface area contributed by atoms with E-state index >= 15 is 0 Å². The quantitative estimate of drug-likeness (QED) is 0.377. The highest BCUT2D eigenvalue weighted by Crippen LogP contribution is 2.22. The van der Waals surface area contributed by atoms with Crippen LogP contribution in [0, 0.1) is 0 Å². The van der Waals surface area contributed by atoms with Gasteiger partial charge in [-0.15, -0.1) is 0 Å². The van der Waals surface area contributed by atoms with E-state index in [9.17, 15) is 4.79 Å². The van der Waals surface area contributed by atoms with Crippen LogP contribution in [0.1, 0.15) is 35.7 Å². The Kier molecular flexibility index (Phi) is 8.78. The zero-order chi connectivity index (χ0) is 22.8. The zero-order valence-corrected chi connectivity index (χ0v) is 19.4. The van der Waals surface area contributed by atoms with Gasteiger partial charge in [-0.2, -0.15) is 0 Å². The zero-order valence-electron chi connectivity index (χ0n) is 19.4. The fourth-order valence-electron chi connectivity index (χ4n) is 3.75. The van der Waals surface area contributed by atoms with Gasteiger partial charge in [0, 0.05) is 63.6 Å². The summed E-state index contributed by atoms with van der Waals surface area (Å²) in [4.78, 5) is 21.3. The number of methoxy groups -OCH3 is 1. The number of hydrogen-bond acceptors (Lipinski definition) is 4. The molecule has 32 heavy (non-hydrogen) atoms. The minimum Gasteiger partial charge on any atom is -0.497 e. The molecule has 1 fully saturated rings. The maximum atomic E-state index is 12.2. The fourth-order valence-corrected chi connectivity index (χ4v) is 3.75. The standard InChI is InChI=1S/C25H35N5O2/c1-4-5-13-27-24(31)21-11-9-20(10-12-21)19-28-25(26-2)30-16-14-29(15-17-30)22-7-6-8-23(18-22)32-3/h6-12,18H,4-5,13-17,19H2,1-3H3,(H,26,28)(H,27,31). The monoisotopic (exact) mass is 437 g/mol. The molecule has 0 unspecified atom stereocenters. The van der Waals surface area contributed by atoms with E-state index in [-0.39, 0.29) is 5.91 Å². The molecule has 7 nitrogen and oxygen atoms in total. The molecule has 0 aromatic heterocycles. The Hall–Kier alpha value is -3.22. The maximum absolute atomic E-state index is 12.2. The van der Waals surface area contributed by atoms with Crippen molar-refractivity contribution < 1.29 is 9.53 Å². The van der Waals surface area contributed by atoms with Crippen molar-refractivity contribution in [1.29, 1.82) is 0 Å². The summed E-state index contributed by atoms with van der Waals surface area (Å²) in [5, 5.41) is 6.41. The lowest BCUT2D eigenvalue weighted by atomic mass is 10.1. The lowest BCUT2D eigenvalue weighted by Crippen LogP contribution is -2.52. The summed E-state index contributed by atoms with van der Waals surface area (Å²) in [6.07, 6.45) is 2.07. The van der Waals surface area contributed by atoms with Gasteiger partial charge in [0.25, 0.3) is 5.91 Å². The Morgan fingerprint density at radius 1 is 1.06 bits per heavy atom. The molecule has 0 atom stereocenters. The Morgan fingerprint density at radius 3 is 2.47 bits per heavy atom. The van der Waals surface area contributed by atoms with Crippen LogP contribution in [0.4, 0.5) is 5.69 Å². The van der Waals surface area contributed by atoms with Crippen LogP contribution < -0.4 is 20.3 Å². The van der Waals surface area contributed by atoms with Crippen molar-refractivity contribution in [3.63, 3.8) is 0 Å². The highest BCUT2D eigenvalue weighted by molar-refractivity contribution is 5.94. The number of unbranched alkanes of at least 4 members (excludes halogenated alkanes) is 1. The molecule has 1 aliphatic heterocycles. The van der Waals surface area contributed by atoms with Crippen molar-refractivity contribution in [2.75, 3.05) is 51.8 Å². The molecule has 0 bridgehead atoms. The number of piperazine rings is 1. The van der Waals surface area contributed by atoms with Gasteiger partial charge in [0.1, 0.15) is 5.75 Å². The second-order valence-electron chi connectivity index (χ2n) is 7.88. The van der Waals surface area contributed by atoms with Gasteiger partial charge in [-0.3, -0.25) is 9.79 Å². The summed E-state index contributed by atoms with van der Waals surface area (Å²) >= 11 is 0.